The van der Waals surface area contributed by atoms with Crippen molar-refractivity contribution < 1.29 is 13.9 Å². The molecule has 18 heavy (non-hydrogen) atoms. The molecule has 1 fully saturated rings. The van der Waals surface area contributed by atoms with Crippen molar-refractivity contribution in [1.82, 2.24) is 0 Å². The lowest BCUT2D eigenvalue weighted by Crippen LogP contribution is -2.21. The zero-order chi connectivity index (χ0) is 13.1. The van der Waals surface area contributed by atoms with Gasteiger partial charge in [0.2, 0.25) is 0 Å². The first kappa shape index (κ1) is 13.1. The van der Waals surface area contributed by atoms with Crippen LogP contribution in [0.2, 0.25) is 0 Å². The van der Waals surface area contributed by atoms with Gasteiger partial charge in [-0.25, -0.2) is 4.39 Å². The zero-order valence-electron chi connectivity index (χ0n) is 10.9. The van der Waals surface area contributed by atoms with Gasteiger partial charge in [-0.3, -0.25) is 4.79 Å². The summed E-state index contributed by atoms with van der Waals surface area (Å²) >= 11 is 0. The first-order valence-electron chi connectivity index (χ1n) is 6.50. The maximum atomic E-state index is 14.0. The van der Waals surface area contributed by atoms with Crippen LogP contribution in [0.5, 0.6) is 5.75 Å². The zero-order valence-corrected chi connectivity index (χ0v) is 10.9. The Hall–Kier alpha value is -1.38. The number of hydrogen-bond acceptors (Lipinski definition) is 2. The molecule has 1 aromatic rings. The van der Waals surface area contributed by atoms with Gasteiger partial charge in [0.15, 0.2) is 17.3 Å². The summed E-state index contributed by atoms with van der Waals surface area (Å²) in [7, 11) is 1.41. The number of Topliss-reactive ketones (excluding diaryl/α,β-unsaturated/α-hetero) is 1. The van der Waals surface area contributed by atoms with Crippen molar-refractivity contribution in [3.63, 3.8) is 0 Å². The van der Waals surface area contributed by atoms with Crippen LogP contribution in [-0.2, 0) is 0 Å². The van der Waals surface area contributed by atoms with Gasteiger partial charge >= 0.3 is 0 Å². The maximum Gasteiger partial charge on any atom is 0.175 e. The molecule has 0 aliphatic heterocycles. The third-order valence-corrected chi connectivity index (χ3v) is 3.84. The third kappa shape index (κ3) is 2.55. The Morgan fingerprint density at radius 3 is 2.56 bits per heavy atom. The molecule has 1 saturated carbocycles. The van der Waals surface area contributed by atoms with Gasteiger partial charge in [0, 0.05) is 5.92 Å². The van der Waals surface area contributed by atoms with E-state index in [9.17, 15) is 9.18 Å². The molecule has 0 amide bonds. The molecule has 0 aromatic heterocycles. The molecule has 2 rings (SSSR count). The molecule has 0 unspecified atom stereocenters. The molecule has 0 radical (unpaired) electrons. The number of halogens is 1. The molecular formula is C15H19FO2. The van der Waals surface area contributed by atoms with Crippen molar-refractivity contribution in [2.24, 2.45) is 11.8 Å². The van der Waals surface area contributed by atoms with E-state index < -0.39 is 5.82 Å². The number of rotatable bonds is 3. The van der Waals surface area contributed by atoms with Gasteiger partial charge in [0.1, 0.15) is 0 Å². The highest BCUT2D eigenvalue weighted by Crippen LogP contribution is 2.32. The monoisotopic (exact) mass is 250 g/mol. The Bertz CT molecular complexity index is 434. The number of ether oxygens (including phenoxy) is 1. The van der Waals surface area contributed by atoms with Gasteiger partial charge in [0.05, 0.1) is 12.7 Å². The minimum absolute atomic E-state index is 0.0252. The fraction of sp³-hybridized carbons (Fsp3) is 0.533. The topological polar surface area (TPSA) is 26.3 Å². The highest BCUT2D eigenvalue weighted by molar-refractivity contribution is 5.98. The fourth-order valence-corrected chi connectivity index (χ4v) is 2.60. The molecule has 0 atom stereocenters. The number of hydrogen-bond donors (Lipinski definition) is 0. The van der Waals surface area contributed by atoms with Gasteiger partial charge in [0.25, 0.3) is 0 Å². The Labute approximate surface area is 107 Å². The summed E-state index contributed by atoms with van der Waals surface area (Å²) in [5, 5.41) is 0. The molecule has 1 aromatic carbocycles. The Morgan fingerprint density at radius 1 is 1.28 bits per heavy atom. The van der Waals surface area contributed by atoms with E-state index in [4.69, 9.17) is 4.74 Å². The lowest BCUT2D eigenvalue weighted by Gasteiger charge is -2.25. The summed E-state index contributed by atoms with van der Waals surface area (Å²) in [6.07, 6.45) is 3.86. The summed E-state index contributed by atoms with van der Waals surface area (Å²) in [5.41, 5.74) is 0.175. The highest BCUT2D eigenvalue weighted by Gasteiger charge is 2.27. The number of methoxy groups -OCH3 is 1. The van der Waals surface area contributed by atoms with E-state index in [-0.39, 0.29) is 23.0 Å². The number of carbonyl (C=O) groups is 1. The molecule has 0 saturated heterocycles. The molecule has 98 valence electrons. The normalized spacial score (nSPS) is 23.7. The average Bonchev–Trinajstić information content (AvgIpc) is 2.39. The Balaban J connectivity index is 2.18. The summed E-state index contributed by atoms with van der Waals surface area (Å²) in [6, 6.07) is 4.76. The van der Waals surface area contributed by atoms with Crippen molar-refractivity contribution in [2.45, 2.75) is 32.6 Å². The summed E-state index contributed by atoms with van der Waals surface area (Å²) < 4.78 is 18.9. The molecule has 0 heterocycles. The van der Waals surface area contributed by atoms with Gasteiger partial charge in [-0.1, -0.05) is 25.8 Å². The molecule has 0 spiro atoms. The largest absolute Gasteiger partial charge is 0.494 e. The van der Waals surface area contributed by atoms with Crippen LogP contribution >= 0.6 is 0 Å². The van der Waals surface area contributed by atoms with E-state index in [1.165, 1.54) is 13.2 Å². The molecule has 1 aliphatic carbocycles. The van der Waals surface area contributed by atoms with E-state index in [0.717, 1.165) is 25.7 Å². The number of carbonyl (C=O) groups excluding carboxylic acids is 1. The van der Waals surface area contributed by atoms with Gasteiger partial charge in [-0.15, -0.1) is 0 Å². The van der Waals surface area contributed by atoms with Crippen molar-refractivity contribution in [2.75, 3.05) is 7.11 Å². The van der Waals surface area contributed by atoms with E-state index >= 15 is 0 Å². The molecule has 0 bridgehead atoms. The van der Waals surface area contributed by atoms with E-state index in [2.05, 4.69) is 6.92 Å². The van der Waals surface area contributed by atoms with Crippen LogP contribution in [0.3, 0.4) is 0 Å². The maximum absolute atomic E-state index is 14.0. The minimum atomic E-state index is -0.524. The molecule has 2 nitrogen and oxygen atoms in total. The quantitative estimate of drug-likeness (QED) is 0.762. The second-order valence-electron chi connectivity index (χ2n) is 5.14. The van der Waals surface area contributed by atoms with E-state index in [0.29, 0.717) is 5.92 Å². The van der Waals surface area contributed by atoms with Crippen LogP contribution < -0.4 is 4.74 Å². The molecule has 1 aliphatic rings. The van der Waals surface area contributed by atoms with Crippen LogP contribution in [0, 0.1) is 17.7 Å². The van der Waals surface area contributed by atoms with Crippen molar-refractivity contribution >= 4 is 5.78 Å². The number of benzene rings is 1. The molecular weight excluding hydrogens is 231 g/mol. The Morgan fingerprint density at radius 2 is 1.94 bits per heavy atom. The van der Waals surface area contributed by atoms with Gasteiger partial charge in [-0.2, -0.15) is 0 Å². The SMILES string of the molecule is COc1cccc(C(=O)C2CCC(C)CC2)c1F. The van der Waals surface area contributed by atoms with Crippen LogP contribution in [-0.4, -0.2) is 12.9 Å². The van der Waals surface area contributed by atoms with Crippen molar-refractivity contribution in [3.8, 4) is 5.75 Å². The first-order chi connectivity index (χ1) is 8.63. The van der Waals surface area contributed by atoms with Crippen LogP contribution in [0.4, 0.5) is 4.39 Å². The third-order valence-electron chi connectivity index (χ3n) is 3.84. The van der Waals surface area contributed by atoms with Crippen LogP contribution in [0.1, 0.15) is 43.0 Å². The number of ketones is 1. The minimum Gasteiger partial charge on any atom is -0.494 e. The van der Waals surface area contributed by atoms with Gasteiger partial charge in [-0.05, 0) is 30.9 Å². The fourth-order valence-electron chi connectivity index (χ4n) is 2.60. The van der Waals surface area contributed by atoms with E-state index in [1.807, 2.05) is 0 Å². The van der Waals surface area contributed by atoms with Crippen molar-refractivity contribution in [3.05, 3.63) is 29.6 Å². The van der Waals surface area contributed by atoms with Gasteiger partial charge < -0.3 is 4.74 Å². The standard InChI is InChI=1S/C15H19FO2/c1-10-6-8-11(9-7-10)15(17)12-4-3-5-13(18-2)14(12)16/h3-5,10-11H,6-9H2,1-2H3. The second kappa shape index (κ2) is 5.51. The van der Waals surface area contributed by atoms with E-state index in [1.54, 1.807) is 12.1 Å². The first-order valence-corrected chi connectivity index (χ1v) is 6.50. The smallest absolute Gasteiger partial charge is 0.175 e. The lowest BCUT2D eigenvalue weighted by atomic mass is 9.79. The lowest BCUT2D eigenvalue weighted by molar-refractivity contribution is 0.0870. The molecule has 0 N–H and O–H groups in total. The highest BCUT2D eigenvalue weighted by atomic mass is 19.1. The van der Waals surface area contributed by atoms with Crippen LogP contribution in [0.25, 0.3) is 0 Å². The summed E-state index contributed by atoms with van der Waals surface area (Å²) in [6.45, 7) is 2.20. The summed E-state index contributed by atoms with van der Waals surface area (Å²) in [5.74, 6) is 0.207. The second-order valence-corrected chi connectivity index (χ2v) is 5.14. The Kier molecular flexibility index (Phi) is 4.00. The predicted molar refractivity (Wildman–Crippen MR) is 68.4 cm³/mol. The molecule has 3 heteroatoms. The summed E-state index contributed by atoms with van der Waals surface area (Å²) in [4.78, 5) is 12.3. The van der Waals surface area contributed by atoms with Crippen molar-refractivity contribution in [1.29, 1.82) is 0 Å². The average molecular weight is 250 g/mol. The van der Waals surface area contributed by atoms with Crippen LogP contribution in [0.15, 0.2) is 18.2 Å². The predicted octanol–water partition coefficient (Wildman–Crippen LogP) is 3.84.